The molecule has 0 aromatic heterocycles. The molecule has 0 spiro atoms. The molecule has 0 unspecified atom stereocenters. The quantitative estimate of drug-likeness (QED) is 0.667. The molecule has 1 rings (SSSR count). The zero-order valence-corrected chi connectivity index (χ0v) is 10.9. The van der Waals surface area contributed by atoms with Crippen LogP contribution in [0.1, 0.15) is 20.3 Å². The first-order chi connectivity index (χ1) is 8.04. The van der Waals surface area contributed by atoms with Gasteiger partial charge < -0.3 is 9.64 Å². The Morgan fingerprint density at radius 2 is 1.76 bits per heavy atom. The maximum absolute atomic E-state index is 11.8. The Balaban J connectivity index is 2.26. The molecule has 1 saturated heterocycles. The molecule has 1 aliphatic rings. The molecular weight excluding hydrogens is 220 g/mol. The summed E-state index contributed by atoms with van der Waals surface area (Å²) in [5, 5.41) is 0. The van der Waals surface area contributed by atoms with E-state index in [2.05, 4.69) is 9.64 Å². The van der Waals surface area contributed by atoms with Gasteiger partial charge in [-0.3, -0.25) is 14.5 Å². The Hall–Kier alpha value is -1.10. The van der Waals surface area contributed by atoms with Crippen molar-refractivity contribution in [3.05, 3.63) is 0 Å². The summed E-state index contributed by atoms with van der Waals surface area (Å²) >= 11 is 0. The van der Waals surface area contributed by atoms with E-state index >= 15 is 0 Å². The van der Waals surface area contributed by atoms with Crippen LogP contribution in [0, 0.1) is 5.92 Å². The summed E-state index contributed by atoms with van der Waals surface area (Å²) < 4.78 is 4.60. The molecule has 0 aromatic carbocycles. The number of hydrogen-bond donors (Lipinski definition) is 0. The van der Waals surface area contributed by atoms with Crippen LogP contribution in [0.2, 0.25) is 0 Å². The highest BCUT2D eigenvalue weighted by Gasteiger charge is 2.22. The average Bonchev–Trinajstić information content (AvgIpc) is 2.35. The molecule has 1 heterocycles. The normalized spacial score (nSPS) is 17.3. The third kappa shape index (κ3) is 4.34. The summed E-state index contributed by atoms with van der Waals surface area (Å²) in [4.78, 5) is 26.9. The number of carbonyl (C=O) groups is 2. The van der Waals surface area contributed by atoms with Crippen molar-refractivity contribution in [1.29, 1.82) is 0 Å². The van der Waals surface area contributed by atoms with Gasteiger partial charge in [0.2, 0.25) is 5.91 Å². The van der Waals surface area contributed by atoms with Crippen LogP contribution in [0.5, 0.6) is 0 Å². The van der Waals surface area contributed by atoms with Crippen LogP contribution in [-0.2, 0) is 14.3 Å². The molecule has 5 nitrogen and oxygen atoms in total. The smallest absolute Gasteiger partial charge is 0.306 e. The summed E-state index contributed by atoms with van der Waals surface area (Å²) in [5.74, 6) is 0.111. The predicted molar refractivity (Wildman–Crippen MR) is 64.5 cm³/mol. The minimum atomic E-state index is -0.175. The Bertz CT molecular complexity index is 271. The van der Waals surface area contributed by atoms with E-state index in [9.17, 15) is 9.59 Å². The second kappa shape index (κ2) is 6.59. The van der Waals surface area contributed by atoms with Gasteiger partial charge in [0.05, 0.1) is 13.5 Å². The van der Waals surface area contributed by atoms with E-state index in [1.165, 1.54) is 7.11 Å². The van der Waals surface area contributed by atoms with E-state index in [4.69, 9.17) is 0 Å². The van der Waals surface area contributed by atoms with Crippen LogP contribution in [0.4, 0.5) is 0 Å². The standard InChI is InChI=1S/C12H22N2O3/c1-10(2)12(16)14-8-6-13(7-9-14)5-4-11(15)17-3/h10H,4-9H2,1-3H3. The number of ether oxygens (including phenoxy) is 1. The van der Waals surface area contributed by atoms with E-state index in [1.807, 2.05) is 18.7 Å². The monoisotopic (exact) mass is 242 g/mol. The van der Waals surface area contributed by atoms with Crippen molar-refractivity contribution < 1.29 is 14.3 Å². The Kier molecular flexibility index (Phi) is 5.41. The van der Waals surface area contributed by atoms with Gasteiger partial charge in [-0.05, 0) is 0 Å². The fourth-order valence-corrected chi connectivity index (χ4v) is 1.91. The van der Waals surface area contributed by atoms with Crippen molar-refractivity contribution in [2.75, 3.05) is 39.8 Å². The first kappa shape index (κ1) is 14.0. The molecule has 0 saturated carbocycles. The summed E-state index contributed by atoms with van der Waals surface area (Å²) in [5.41, 5.74) is 0. The maximum Gasteiger partial charge on any atom is 0.306 e. The van der Waals surface area contributed by atoms with Gasteiger partial charge in [0.25, 0.3) is 0 Å². The van der Waals surface area contributed by atoms with Crippen LogP contribution in [0.25, 0.3) is 0 Å². The number of amides is 1. The van der Waals surface area contributed by atoms with Gasteiger partial charge in [0, 0.05) is 38.6 Å². The number of piperazine rings is 1. The third-order valence-electron chi connectivity index (χ3n) is 3.04. The molecule has 1 amide bonds. The SMILES string of the molecule is COC(=O)CCN1CCN(C(=O)C(C)C)CC1. The molecule has 0 aliphatic carbocycles. The molecule has 0 radical (unpaired) electrons. The van der Waals surface area contributed by atoms with Crippen LogP contribution < -0.4 is 0 Å². The van der Waals surface area contributed by atoms with Crippen LogP contribution in [0.3, 0.4) is 0 Å². The third-order valence-corrected chi connectivity index (χ3v) is 3.04. The van der Waals surface area contributed by atoms with Gasteiger partial charge in [-0.25, -0.2) is 0 Å². The van der Waals surface area contributed by atoms with Gasteiger partial charge >= 0.3 is 5.97 Å². The van der Waals surface area contributed by atoms with Crippen molar-refractivity contribution in [2.45, 2.75) is 20.3 Å². The van der Waals surface area contributed by atoms with E-state index in [0.717, 1.165) is 32.7 Å². The lowest BCUT2D eigenvalue weighted by atomic mass is 10.1. The number of nitrogens with zero attached hydrogens (tertiary/aromatic N) is 2. The largest absolute Gasteiger partial charge is 0.469 e. The number of methoxy groups -OCH3 is 1. The average molecular weight is 242 g/mol. The van der Waals surface area contributed by atoms with Crippen LogP contribution in [-0.4, -0.2) is 61.5 Å². The molecular formula is C12H22N2O3. The zero-order chi connectivity index (χ0) is 12.8. The van der Waals surface area contributed by atoms with E-state index in [1.54, 1.807) is 0 Å². The fraction of sp³-hybridized carbons (Fsp3) is 0.833. The number of carbonyl (C=O) groups excluding carboxylic acids is 2. The summed E-state index contributed by atoms with van der Waals surface area (Å²) in [6.07, 6.45) is 0.425. The van der Waals surface area contributed by atoms with E-state index in [-0.39, 0.29) is 17.8 Å². The number of esters is 1. The minimum absolute atomic E-state index is 0.0663. The van der Waals surface area contributed by atoms with Gasteiger partial charge in [0.1, 0.15) is 0 Å². The molecule has 0 bridgehead atoms. The van der Waals surface area contributed by atoms with Gasteiger partial charge in [-0.1, -0.05) is 13.8 Å². The van der Waals surface area contributed by atoms with Crippen LogP contribution >= 0.6 is 0 Å². The van der Waals surface area contributed by atoms with Gasteiger partial charge in [0.15, 0.2) is 0 Å². The highest BCUT2D eigenvalue weighted by molar-refractivity contribution is 5.78. The lowest BCUT2D eigenvalue weighted by molar-refractivity contribution is -0.142. The van der Waals surface area contributed by atoms with Crippen molar-refractivity contribution in [3.8, 4) is 0 Å². The number of hydrogen-bond acceptors (Lipinski definition) is 4. The zero-order valence-electron chi connectivity index (χ0n) is 10.9. The highest BCUT2D eigenvalue weighted by atomic mass is 16.5. The Morgan fingerprint density at radius 3 is 2.24 bits per heavy atom. The topological polar surface area (TPSA) is 49.9 Å². The van der Waals surface area contributed by atoms with Crippen LogP contribution in [0.15, 0.2) is 0 Å². The molecule has 1 aliphatic heterocycles. The Labute approximate surface area is 103 Å². The minimum Gasteiger partial charge on any atom is -0.469 e. The number of rotatable bonds is 4. The lowest BCUT2D eigenvalue weighted by Gasteiger charge is -2.35. The summed E-state index contributed by atoms with van der Waals surface area (Å²) in [6.45, 7) is 7.77. The molecule has 17 heavy (non-hydrogen) atoms. The first-order valence-corrected chi connectivity index (χ1v) is 6.12. The maximum atomic E-state index is 11.8. The molecule has 5 heteroatoms. The van der Waals surface area contributed by atoms with E-state index in [0.29, 0.717) is 6.42 Å². The predicted octanol–water partition coefficient (Wildman–Crippen LogP) is 0.350. The fourth-order valence-electron chi connectivity index (χ4n) is 1.91. The molecule has 1 fully saturated rings. The summed E-state index contributed by atoms with van der Waals surface area (Å²) in [7, 11) is 1.40. The van der Waals surface area contributed by atoms with Crippen molar-refractivity contribution in [2.24, 2.45) is 5.92 Å². The molecule has 98 valence electrons. The molecule has 0 atom stereocenters. The van der Waals surface area contributed by atoms with Crippen molar-refractivity contribution in [3.63, 3.8) is 0 Å². The second-order valence-electron chi connectivity index (χ2n) is 4.65. The lowest BCUT2D eigenvalue weighted by Crippen LogP contribution is -2.50. The first-order valence-electron chi connectivity index (χ1n) is 6.12. The molecule has 0 N–H and O–H groups in total. The highest BCUT2D eigenvalue weighted by Crippen LogP contribution is 2.07. The van der Waals surface area contributed by atoms with Crippen molar-refractivity contribution >= 4 is 11.9 Å². The summed E-state index contributed by atoms with van der Waals surface area (Å²) in [6, 6.07) is 0. The van der Waals surface area contributed by atoms with Gasteiger partial charge in [-0.2, -0.15) is 0 Å². The van der Waals surface area contributed by atoms with Gasteiger partial charge in [-0.15, -0.1) is 0 Å². The molecule has 0 aromatic rings. The van der Waals surface area contributed by atoms with Crippen molar-refractivity contribution in [1.82, 2.24) is 9.80 Å². The second-order valence-corrected chi connectivity index (χ2v) is 4.65. The van der Waals surface area contributed by atoms with E-state index < -0.39 is 0 Å². The Morgan fingerprint density at radius 1 is 1.18 bits per heavy atom.